The van der Waals surface area contributed by atoms with Crippen LogP contribution in [0.2, 0.25) is 0 Å². The highest BCUT2D eigenvalue weighted by molar-refractivity contribution is 6.04. The molecule has 1 atom stereocenters. The van der Waals surface area contributed by atoms with Gasteiger partial charge in [0.2, 0.25) is 11.8 Å². The molecule has 0 fully saturated rings. The second kappa shape index (κ2) is 9.33. The second-order valence-electron chi connectivity index (χ2n) is 5.65. The molecule has 0 saturated heterocycles. The van der Waals surface area contributed by atoms with Gasteiger partial charge in [-0.05, 0) is 18.2 Å². The number of para-hydroxylation sites is 1. The van der Waals surface area contributed by atoms with Gasteiger partial charge in [-0.1, -0.05) is 18.2 Å². The molecule has 2 aromatic rings. The van der Waals surface area contributed by atoms with Crippen molar-refractivity contribution >= 4 is 23.5 Å². The zero-order chi connectivity index (χ0) is 19.8. The van der Waals surface area contributed by atoms with Crippen LogP contribution in [-0.2, 0) is 20.7 Å². The van der Waals surface area contributed by atoms with Crippen LogP contribution in [0.25, 0.3) is 0 Å². The molecule has 0 radical (unpaired) electrons. The third-order valence-corrected chi connectivity index (χ3v) is 3.74. The third-order valence-electron chi connectivity index (χ3n) is 3.74. The molecule has 2 rings (SSSR count). The summed E-state index contributed by atoms with van der Waals surface area (Å²) >= 11 is 0. The van der Waals surface area contributed by atoms with Gasteiger partial charge in [-0.25, -0.2) is 9.78 Å². The average molecular weight is 371 g/mol. The van der Waals surface area contributed by atoms with Crippen molar-refractivity contribution < 1.29 is 23.9 Å². The van der Waals surface area contributed by atoms with E-state index in [4.69, 9.17) is 9.47 Å². The van der Waals surface area contributed by atoms with Crippen LogP contribution in [0.15, 0.2) is 42.6 Å². The zero-order valence-electron chi connectivity index (χ0n) is 15.3. The molecule has 1 aromatic carbocycles. The summed E-state index contributed by atoms with van der Waals surface area (Å²) in [6.07, 6.45) is 1.70. The fourth-order valence-electron chi connectivity index (χ4n) is 2.53. The van der Waals surface area contributed by atoms with E-state index >= 15 is 0 Å². The maximum Gasteiger partial charge on any atom is 0.328 e. The van der Waals surface area contributed by atoms with Gasteiger partial charge < -0.3 is 20.1 Å². The molecule has 0 aliphatic carbocycles. The van der Waals surface area contributed by atoms with E-state index in [0.717, 1.165) is 0 Å². The van der Waals surface area contributed by atoms with E-state index in [1.54, 1.807) is 42.6 Å². The molecule has 1 heterocycles. The number of pyridine rings is 1. The summed E-state index contributed by atoms with van der Waals surface area (Å²) in [4.78, 5) is 40.3. The Morgan fingerprint density at radius 1 is 1.11 bits per heavy atom. The van der Waals surface area contributed by atoms with Gasteiger partial charge in [-0.15, -0.1) is 0 Å². The van der Waals surface area contributed by atoms with Crippen LogP contribution in [0.5, 0.6) is 5.88 Å². The predicted molar refractivity (Wildman–Crippen MR) is 98.5 cm³/mol. The number of aromatic nitrogens is 1. The lowest BCUT2D eigenvalue weighted by Crippen LogP contribution is -2.43. The Morgan fingerprint density at radius 2 is 1.85 bits per heavy atom. The first-order chi connectivity index (χ1) is 13.0. The van der Waals surface area contributed by atoms with Crippen molar-refractivity contribution in [2.24, 2.45) is 0 Å². The molecule has 2 amide bonds. The summed E-state index contributed by atoms with van der Waals surface area (Å²) in [5.74, 6) is -1.07. The first kappa shape index (κ1) is 19.9. The number of nitrogens with zero attached hydrogens (tertiary/aromatic N) is 1. The minimum atomic E-state index is -0.953. The Labute approximate surface area is 156 Å². The summed E-state index contributed by atoms with van der Waals surface area (Å²) in [7, 11) is 2.72. The van der Waals surface area contributed by atoms with E-state index in [9.17, 15) is 14.4 Å². The van der Waals surface area contributed by atoms with Gasteiger partial charge in [0.05, 0.1) is 25.5 Å². The Bertz CT molecular complexity index is 838. The normalized spacial score (nSPS) is 11.2. The molecule has 0 bridgehead atoms. The van der Waals surface area contributed by atoms with E-state index in [0.29, 0.717) is 17.1 Å². The van der Waals surface area contributed by atoms with Crippen molar-refractivity contribution in [3.8, 4) is 5.88 Å². The molecule has 0 aliphatic rings. The van der Waals surface area contributed by atoms with E-state index in [2.05, 4.69) is 15.6 Å². The Morgan fingerprint density at radius 3 is 2.52 bits per heavy atom. The van der Waals surface area contributed by atoms with E-state index < -0.39 is 17.9 Å². The SMILES string of the molecule is COC(=O)[C@H](Cc1cccnc1OC)NC(=O)c1ccccc1NC(C)=O. The smallest absolute Gasteiger partial charge is 0.328 e. The first-order valence-corrected chi connectivity index (χ1v) is 8.19. The number of carbonyl (C=O) groups is 3. The van der Waals surface area contributed by atoms with Gasteiger partial charge in [0, 0.05) is 25.1 Å². The number of hydrogen-bond donors (Lipinski definition) is 2. The molecule has 0 spiro atoms. The molecule has 8 heteroatoms. The fourth-order valence-corrected chi connectivity index (χ4v) is 2.53. The van der Waals surface area contributed by atoms with Crippen LogP contribution in [0.3, 0.4) is 0 Å². The average Bonchev–Trinajstić information content (AvgIpc) is 2.67. The molecular formula is C19H21N3O5. The number of benzene rings is 1. The van der Waals surface area contributed by atoms with Gasteiger partial charge in [0.15, 0.2) is 0 Å². The van der Waals surface area contributed by atoms with Crippen molar-refractivity contribution in [2.45, 2.75) is 19.4 Å². The Balaban J connectivity index is 2.25. The van der Waals surface area contributed by atoms with Crippen LogP contribution >= 0.6 is 0 Å². The lowest BCUT2D eigenvalue weighted by Gasteiger charge is -2.18. The summed E-state index contributed by atoms with van der Waals surface area (Å²) in [6, 6.07) is 9.02. The topological polar surface area (TPSA) is 107 Å². The summed E-state index contributed by atoms with van der Waals surface area (Å²) in [6.45, 7) is 1.35. The molecule has 142 valence electrons. The van der Waals surface area contributed by atoms with E-state index in [-0.39, 0.29) is 17.9 Å². The number of ether oxygens (including phenoxy) is 2. The highest BCUT2D eigenvalue weighted by Crippen LogP contribution is 2.18. The lowest BCUT2D eigenvalue weighted by molar-refractivity contribution is -0.142. The maximum absolute atomic E-state index is 12.7. The summed E-state index contributed by atoms with van der Waals surface area (Å²) < 4.78 is 9.99. The van der Waals surface area contributed by atoms with Crippen LogP contribution in [-0.4, -0.2) is 43.0 Å². The van der Waals surface area contributed by atoms with Crippen molar-refractivity contribution in [3.05, 3.63) is 53.7 Å². The summed E-state index contributed by atoms with van der Waals surface area (Å²) in [5.41, 5.74) is 1.23. The number of methoxy groups -OCH3 is 2. The standard InChI is InChI=1S/C19H21N3O5/c1-12(23)21-15-9-5-4-8-14(15)17(24)22-16(19(25)27-3)11-13-7-6-10-20-18(13)26-2/h4-10,16H,11H2,1-3H3,(H,21,23)(H,22,24)/t16-/m0/s1. The number of nitrogens with one attached hydrogen (secondary N) is 2. The number of amides is 2. The number of carbonyl (C=O) groups excluding carboxylic acids is 3. The van der Waals surface area contributed by atoms with Crippen LogP contribution in [0.1, 0.15) is 22.8 Å². The molecule has 8 nitrogen and oxygen atoms in total. The molecular weight excluding hydrogens is 350 g/mol. The van der Waals surface area contributed by atoms with E-state index in [1.165, 1.54) is 21.1 Å². The van der Waals surface area contributed by atoms with Gasteiger partial charge in [0.1, 0.15) is 6.04 Å². The van der Waals surface area contributed by atoms with E-state index in [1.807, 2.05) is 0 Å². The highest BCUT2D eigenvalue weighted by Gasteiger charge is 2.25. The van der Waals surface area contributed by atoms with Crippen LogP contribution in [0.4, 0.5) is 5.69 Å². The second-order valence-corrected chi connectivity index (χ2v) is 5.65. The zero-order valence-corrected chi connectivity index (χ0v) is 15.3. The predicted octanol–water partition coefficient (Wildman–Crippen LogP) is 1.56. The minimum absolute atomic E-state index is 0.137. The van der Waals surface area contributed by atoms with Crippen molar-refractivity contribution in [1.82, 2.24) is 10.3 Å². The van der Waals surface area contributed by atoms with Crippen LogP contribution in [0, 0.1) is 0 Å². The highest BCUT2D eigenvalue weighted by atomic mass is 16.5. The number of hydrogen-bond acceptors (Lipinski definition) is 6. The molecule has 27 heavy (non-hydrogen) atoms. The Kier molecular flexibility index (Phi) is 6.87. The lowest BCUT2D eigenvalue weighted by atomic mass is 10.1. The number of rotatable bonds is 7. The molecule has 0 unspecified atom stereocenters. The van der Waals surface area contributed by atoms with Crippen molar-refractivity contribution in [3.63, 3.8) is 0 Å². The monoisotopic (exact) mass is 371 g/mol. The van der Waals surface area contributed by atoms with Gasteiger partial charge in [-0.3, -0.25) is 9.59 Å². The molecule has 0 saturated carbocycles. The maximum atomic E-state index is 12.7. The molecule has 1 aromatic heterocycles. The van der Waals surface area contributed by atoms with Gasteiger partial charge in [-0.2, -0.15) is 0 Å². The molecule has 0 aliphatic heterocycles. The molecule has 2 N–H and O–H groups in total. The van der Waals surface area contributed by atoms with Crippen molar-refractivity contribution in [1.29, 1.82) is 0 Å². The first-order valence-electron chi connectivity index (χ1n) is 8.19. The fraction of sp³-hybridized carbons (Fsp3) is 0.263. The van der Waals surface area contributed by atoms with Gasteiger partial charge >= 0.3 is 5.97 Å². The summed E-state index contributed by atoms with van der Waals surface area (Å²) in [5, 5.41) is 5.24. The van der Waals surface area contributed by atoms with Gasteiger partial charge in [0.25, 0.3) is 5.91 Å². The Hall–Kier alpha value is -3.42. The minimum Gasteiger partial charge on any atom is -0.481 e. The third kappa shape index (κ3) is 5.27. The largest absolute Gasteiger partial charge is 0.481 e. The van der Waals surface area contributed by atoms with Crippen molar-refractivity contribution in [2.75, 3.05) is 19.5 Å². The number of esters is 1. The quantitative estimate of drug-likeness (QED) is 0.716. The number of anilines is 1. The van der Waals surface area contributed by atoms with Crippen LogP contribution < -0.4 is 15.4 Å².